The second-order valence-electron chi connectivity index (χ2n) is 4.44. The fourth-order valence-corrected chi connectivity index (χ4v) is 2.68. The van der Waals surface area contributed by atoms with Crippen LogP contribution in [0.5, 0.6) is 0 Å². The molecule has 0 aliphatic carbocycles. The van der Waals surface area contributed by atoms with Crippen LogP contribution in [-0.4, -0.2) is 6.54 Å². The molecule has 0 aromatic heterocycles. The maximum Gasteiger partial charge on any atom is 0.137 e. The van der Waals surface area contributed by atoms with Crippen LogP contribution in [0.4, 0.5) is 13.2 Å². The van der Waals surface area contributed by atoms with Gasteiger partial charge in [0.2, 0.25) is 0 Å². The van der Waals surface area contributed by atoms with Gasteiger partial charge in [-0.05, 0) is 52.3 Å². The van der Waals surface area contributed by atoms with Crippen LogP contribution in [-0.2, 0) is 0 Å². The van der Waals surface area contributed by atoms with E-state index in [1.165, 1.54) is 12.1 Å². The normalized spacial score (nSPS) is 12.5. The SMILES string of the molecule is CCNC(c1cc(F)c(Br)cc1F)c1ccc(F)cc1Cl. The van der Waals surface area contributed by atoms with E-state index in [-0.39, 0.29) is 15.1 Å². The quantitative estimate of drug-likeness (QED) is 0.719. The third-order valence-corrected chi connectivity index (χ3v) is 3.97. The zero-order chi connectivity index (χ0) is 15.6. The summed E-state index contributed by atoms with van der Waals surface area (Å²) in [6, 6.07) is 5.35. The first-order valence-corrected chi connectivity index (χ1v) is 7.44. The lowest BCUT2D eigenvalue weighted by molar-refractivity contribution is 0.541. The molecule has 6 heteroatoms. The first-order valence-electron chi connectivity index (χ1n) is 6.26. The summed E-state index contributed by atoms with van der Waals surface area (Å²) < 4.78 is 41.0. The first kappa shape index (κ1) is 16.3. The van der Waals surface area contributed by atoms with Crippen molar-refractivity contribution in [1.82, 2.24) is 5.32 Å². The Hall–Kier alpha value is -1.04. The predicted octanol–water partition coefficient (Wildman–Crippen LogP) is 5.22. The summed E-state index contributed by atoms with van der Waals surface area (Å²) >= 11 is 8.97. The molecule has 0 radical (unpaired) electrons. The highest BCUT2D eigenvalue weighted by Crippen LogP contribution is 2.32. The van der Waals surface area contributed by atoms with Crippen molar-refractivity contribution in [2.75, 3.05) is 6.54 Å². The van der Waals surface area contributed by atoms with Gasteiger partial charge in [-0.3, -0.25) is 0 Å². The lowest BCUT2D eigenvalue weighted by atomic mass is 9.97. The van der Waals surface area contributed by atoms with Crippen molar-refractivity contribution in [2.45, 2.75) is 13.0 Å². The molecule has 2 aromatic carbocycles. The van der Waals surface area contributed by atoms with Gasteiger partial charge in [0.05, 0.1) is 10.5 Å². The monoisotopic (exact) mass is 377 g/mol. The summed E-state index contributed by atoms with van der Waals surface area (Å²) in [7, 11) is 0. The van der Waals surface area contributed by atoms with E-state index in [9.17, 15) is 13.2 Å². The average Bonchev–Trinajstić information content (AvgIpc) is 2.41. The predicted molar refractivity (Wildman–Crippen MR) is 81.0 cm³/mol. The minimum absolute atomic E-state index is 0.0456. The number of nitrogens with one attached hydrogen (secondary N) is 1. The standard InChI is InChI=1S/C15H12BrClF3N/c1-2-21-15(9-4-3-8(18)5-12(9)17)10-6-14(20)11(16)7-13(10)19/h3-7,15,21H,2H2,1H3. The number of hydrogen-bond acceptors (Lipinski definition) is 1. The average molecular weight is 379 g/mol. The van der Waals surface area contributed by atoms with Crippen molar-refractivity contribution < 1.29 is 13.2 Å². The molecular weight excluding hydrogens is 367 g/mol. The molecule has 0 fully saturated rings. The Morgan fingerprint density at radius 3 is 2.43 bits per heavy atom. The van der Waals surface area contributed by atoms with Gasteiger partial charge < -0.3 is 5.32 Å². The van der Waals surface area contributed by atoms with Crippen LogP contribution in [0.15, 0.2) is 34.8 Å². The van der Waals surface area contributed by atoms with Crippen molar-refractivity contribution in [2.24, 2.45) is 0 Å². The minimum atomic E-state index is -0.661. The van der Waals surface area contributed by atoms with Crippen LogP contribution in [0.25, 0.3) is 0 Å². The third kappa shape index (κ3) is 3.59. The highest BCUT2D eigenvalue weighted by molar-refractivity contribution is 9.10. The summed E-state index contributed by atoms with van der Waals surface area (Å²) in [6.45, 7) is 2.34. The second kappa shape index (κ2) is 6.81. The van der Waals surface area contributed by atoms with Crippen LogP contribution in [0.3, 0.4) is 0 Å². The van der Waals surface area contributed by atoms with E-state index in [1.807, 2.05) is 6.92 Å². The van der Waals surface area contributed by atoms with E-state index in [0.717, 1.165) is 18.2 Å². The maximum atomic E-state index is 14.1. The fraction of sp³-hybridized carbons (Fsp3) is 0.200. The Kier molecular flexibility index (Phi) is 5.30. The van der Waals surface area contributed by atoms with Crippen molar-refractivity contribution in [3.8, 4) is 0 Å². The van der Waals surface area contributed by atoms with Gasteiger partial charge in [0.15, 0.2) is 0 Å². The summed E-state index contributed by atoms with van der Waals surface area (Å²) in [4.78, 5) is 0. The molecule has 0 aliphatic heterocycles. The van der Waals surface area contributed by atoms with E-state index in [0.29, 0.717) is 12.1 Å². The maximum absolute atomic E-state index is 14.1. The molecule has 0 spiro atoms. The van der Waals surface area contributed by atoms with Crippen LogP contribution >= 0.6 is 27.5 Å². The molecule has 0 saturated carbocycles. The molecule has 0 saturated heterocycles. The highest BCUT2D eigenvalue weighted by atomic mass is 79.9. The molecule has 1 atom stereocenters. The number of rotatable bonds is 4. The highest BCUT2D eigenvalue weighted by Gasteiger charge is 2.21. The van der Waals surface area contributed by atoms with E-state index in [4.69, 9.17) is 11.6 Å². The van der Waals surface area contributed by atoms with Crippen LogP contribution in [0.2, 0.25) is 5.02 Å². The second-order valence-corrected chi connectivity index (χ2v) is 5.71. The number of hydrogen-bond donors (Lipinski definition) is 1. The summed E-state index contributed by atoms with van der Waals surface area (Å²) in [5.74, 6) is -1.64. The largest absolute Gasteiger partial charge is 0.306 e. The Balaban J connectivity index is 2.55. The van der Waals surface area contributed by atoms with Gasteiger partial charge in [-0.1, -0.05) is 24.6 Å². The zero-order valence-corrected chi connectivity index (χ0v) is 13.4. The van der Waals surface area contributed by atoms with E-state index in [1.54, 1.807) is 0 Å². The van der Waals surface area contributed by atoms with E-state index < -0.39 is 23.5 Å². The third-order valence-electron chi connectivity index (χ3n) is 3.03. The van der Waals surface area contributed by atoms with Crippen molar-refractivity contribution in [3.05, 3.63) is 68.4 Å². The summed E-state index contributed by atoms with van der Waals surface area (Å²) in [6.07, 6.45) is 0. The smallest absolute Gasteiger partial charge is 0.137 e. The molecular formula is C15H12BrClF3N. The first-order chi connectivity index (χ1) is 9.93. The Bertz CT molecular complexity index is 664. The fourth-order valence-electron chi connectivity index (χ4n) is 2.09. The van der Waals surface area contributed by atoms with Gasteiger partial charge >= 0.3 is 0 Å². The molecule has 0 heterocycles. The van der Waals surface area contributed by atoms with Crippen molar-refractivity contribution in [1.29, 1.82) is 0 Å². The molecule has 21 heavy (non-hydrogen) atoms. The Morgan fingerprint density at radius 2 is 1.81 bits per heavy atom. The molecule has 2 rings (SSSR count). The Labute approximate surface area is 134 Å². The van der Waals surface area contributed by atoms with Crippen molar-refractivity contribution in [3.63, 3.8) is 0 Å². The van der Waals surface area contributed by atoms with Gasteiger partial charge in [-0.15, -0.1) is 0 Å². The Morgan fingerprint density at radius 1 is 1.10 bits per heavy atom. The van der Waals surface area contributed by atoms with Gasteiger partial charge in [0, 0.05) is 10.6 Å². The van der Waals surface area contributed by atoms with Gasteiger partial charge in [0.25, 0.3) is 0 Å². The number of halogens is 5. The lowest BCUT2D eigenvalue weighted by Crippen LogP contribution is -2.23. The van der Waals surface area contributed by atoms with E-state index in [2.05, 4.69) is 21.2 Å². The molecule has 0 amide bonds. The van der Waals surface area contributed by atoms with Crippen LogP contribution < -0.4 is 5.32 Å². The molecule has 1 N–H and O–H groups in total. The molecule has 112 valence electrons. The molecule has 0 bridgehead atoms. The summed E-state index contributed by atoms with van der Waals surface area (Å²) in [5.41, 5.74) is 0.603. The topological polar surface area (TPSA) is 12.0 Å². The van der Waals surface area contributed by atoms with Gasteiger partial charge in [-0.25, -0.2) is 13.2 Å². The zero-order valence-electron chi connectivity index (χ0n) is 11.1. The lowest BCUT2D eigenvalue weighted by Gasteiger charge is -2.21. The van der Waals surface area contributed by atoms with Crippen LogP contribution in [0.1, 0.15) is 24.1 Å². The molecule has 1 nitrogen and oxygen atoms in total. The molecule has 1 unspecified atom stereocenters. The van der Waals surface area contributed by atoms with Crippen molar-refractivity contribution >= 4 is 27.5 Å². The summed E-state index contributed by atoms with van der Waals surface area (Å²) in [5, 5.41) is 3.19. The molecule has 0 aliphatic rings. The van der Waals surface area contributed by atoms with Crippen LogP contribution in [0, 0.1) is 17.5 Å². The minimum Gasteiger partial charge on any atom is -0.306 e. The number of benzene rings is 2. The van der Waals surface area contributed by atoms with E-state index >= 15 is 0 Å². The van der Waals surface area contributed by atoms with Gasteiger partial charge in [-0.2, -0.15) is 0 Å². The van der Waals surface area contributed by atoms with Gasteiger partial charge in [0.1, 0.15) is 17.5 Å². The molecule has 2 aromatic rings.